The maximum absolute atomic E-state index is 9.00. The molecule has 3 heteroatoms. The molecule has 0 radical (unpaired) electrons. The zero-order valence-electron chi connectivity index (χ0n) is 11.0. The molecular formula is C16H19NOS. The fourth-order valence-electron chi connectivity index (χ4n) is 1.80. The van der Waals surface area contributed by atoms with Crippen molar-refractivity contribution in [3.8, 4) is 0 Å². The van der Waals surface area contributed by atoms with E-state index in [0.717, 1.165) is 11.3 Å². The molecule has 0 aliphatic rings. The van der Waals surface area contributed by atoms with Gasteiger partial charge in [0.2, 0.25) is 0 Å². The molecule has 100 valence electrons. The van der Waals surface area contributed by atoms with Crippen LogP contribution in [0.15, 0.2) is 53.4 Å². The number of nitrogens with two attached hydrogens (primary N) is 1. The van der Waals surface area contributed by atoms with Crippen molar-refractivity contribution in [2.75, 3.05) is 0 Å². The second-order valence-corrected chi connectivity index (χ2v) is 5.67. The number of hydrogen-bond acceptors (Lipinski definition) is 3. The molecule has 0 aromatic heterocycles. The van der Waals surface area contributed by atoms with E-state index in [-0.39, 0.29) is 12.6 Å². The van der Waals surface area contributed by atoms with Crippen molar-refractivity contribution in [3.05, 3.63) is 65.2 Å². The van der Waals surface area contributed by atoms with E-state index >= 15 is 0 Å². The minimum Gasteiger partial charge on any atom is -0.392 e. The summed E-state index contributed by atoms with van der Waals surface area (Å²) in [5, 5.41) is 9.00. The average molecular weight is 273 g/mol. The molecule has 1 unspecified atom stereocenters. The van der Waals surface area contributed by atoms with Crippen LogP contribution in [0.4, 0.5) is 0 Å². The lowest BCUT2D eigenvalue weighted by atomic mass is 10.1. The van der Waals surface area contributed by atoms with Crippen LogP contribution in [0.3, 0.4) is 0 Å². The topological polar surface area (TPSA) is 46.2 Å². The van der Waals surface area contributed by atoms with E-state index in [1.807, 2.05) is 19.1 Å². The van der Waals surface area contributed by atoms with E-state index in [2.05, 4.69) is 36.4 Å². The number of benzene rings is 2. The fraction of sp³-hybridized carbons (Fsp3) is 0.250. The number of hydrogen-bond donors (Lipinski definition) is 2. The van der Waals surface area contributed by atoms with Crippen LogP contribution in [-0.4, -0.2) is 5.11 Å². The Bertz CT molecular complexity index is 523. The lowest BCUT2D eigenvalue weighted by Gasteiger charge is -2.08. The normalized spacial score (nSPS) is 12.4. The first-order chi connectivity index (χ1) is 9.19. The van der Waals surface area contributed by atoms with E-state index in [1.54, 1.807) is 11.8 Å². The summed E-state index contributed by atoms with van der Waals surface area (Å²) in [6, 6.07) is 16.5. The van der Waals surface area contributed by atoms with Gasteiger partial charge in [-0.2, -0.15) is 0 Å². The Kier molecular flexibility index (Phi) is 5.02. The minimum atomic E-state index is 0.0735. The second-order valence-electron chi connectivity index (χ2n) is 4.62. The molecule has 2 rings (SSSR count). The third-order valence-corrected chi connectivity index (χ3v) is 4.06. The van der Waals surface area contributed by atoms with E-state index in [1.165, 1.54) is 16.0 Å². The molecule has 0 fully saturated rings. The van der Waals surface area contributed by atoms with Gasteiger partial charge in [-0.1, -0.05) is 36.4 Å². The van der Waals surface area contributed by atoms with Gasteiger partial charge in [0.05, 0.1) is 6.61 Å². The first-order valence-corrected chi connectivity index (χ1v) is 7.34. The van der Waals surface area contributed by atoms with Crippen molar-refractivity contribution in [3.63, 3.8) is 0 Å². The highest BCUT2D eigenvalue weighted by Gasteiger charge is 2.02. The van der Waals surface area contributed by atoms with Gasteiger partial charge >= 0.3 is 0 Å². The largest absolute Gasteiger partial charge is 0.392 e. The minimum absolute atomic E-state index is 0.0735. The standard InChI is InChI=1S/C16H19NOS/c1-12(17)15-3-2-4-16(9-15)19-11-14-7-5-13(10-18)6-8-14/h2-9,12,18H,10-11,17H2,1H3. The summed E-state index contributed by atoms with van der Waals surface area (Å²) in [4.78, 5) is 1.24. The molecule has 2 aromatic carbocycles. The molecule has 0 saturated carbocycles. The average Bonchev–Trinajstić information content (AvgIpc) is 2.46. The van der Waals surface area contributed by atoms with Crippen LogP contribution in [0.1, 0.15) is 29.7 Å². The summed E-state index contributed by atoms with van der Waals surface area (Å²) >= 11 is 1.80. The van der Waals surface area contributed by atoms with Crippen LogP contribution in [0, 0.1) is 0 Å². The Balaban J connectivity index is 1.99. The highest BCUT2D eigenvalue weighted by atomic mass is 32.2. The lowest BCUT2D eigenvalue weighted by molar-refractivity contribution is 0.282. The lowest BCUT2D eigenvalue weighted by Crippen LogP contribution is -2.04. The molecular weight excluding hydrogens is 254 g/mol. The zero-order valence-corrected chi connectivity index (χ0v) is 11.9. The molecule has 2 nitrogen and oxygen atoms in total. The van der Waals surface area contributed by atoms with E-state index < -0.39 is 0 Å². The van der Waals surface area contributed by atoms with Gasteiger partial charge in [-0.15, -0.1) is 11.8 Å². The fourth-order valence-corrected chi connectivity index (χ4v) is 2.72. The van der Waals surface area contributed by atoms with Gasteiger partial charge in [-0.05, 0) is 35.7 Å². The van der Waals surface area contributed by atoms with Crippen LogP contribution in [0.25, 0.3) is 0 Å². The van der Waals surface area contributed by atoms with Gasteiger partial charge in [0, 0.05) is 16.7 Å². The molecule has 0 spiro atoms. The Morgan fingerprint density at radius 3 is 2.42 bits per heavy atom. The van der Waals surface area contributed by atoms with Gasteiger partial charge in [0.1, 0.15) is 0 Å². The summed E-state index contributed by atoms with van der Waals surface area (Å²) in [5.41, 5.74) is 9.27. The quantitative estimate of drug-likeness (QED) is 0.820. The summed E-state index contributed by atoms with van der Waals surface area (Å²) in [5.74, 6) is 0.925. The third-order valence-electron chi connectivity index (χ3n) is 2.99. The molecule has 2 aromatic rings. The predicted octanol–water partition coefficient (Wildman–Crippen LogP) is 3.49. The van der Waals surface area contributed by atoms with Gasteiger partial charge in [0.15, 0.2) is 0 Å². The molecule has 0 amide bonds. The SMILES string of the molecule is CC(N)c1cccc(SCc2ccc(CO)cc2)c1. The number of rotatable bonds is 5. The predicted molar refractivity (Wildman–Crippen MR) is 81.0 cm³/mol. The summed E-state index contributed by atoms with van der Waals surface area (Å²) in [6.45, 7) is 2.10. The molecule has 0 bridgehead atoms. The monoisotopic (exact) mass is 273 g/mol. The van der Waals surface area contributed by atoms with Crippen molar-refractivity contribution < 1.29 is 5.11 Å². The van der Waals surface area contributed by atoms with Gasteiger partial charge < -0.3 is 10.8 Å². The molecule has 1 atom stereocenters. The highest BCUT2D eigenvalue weighted by Crippen LogP contribution is 2.25. The Labute approximate surface area is 118 Å². The Morgan fingerprint density at radius 2 is 1.79 bits per heavy atom. The van der Waals surface area contributed by atoms with Crippen LogP contribution in [-0.2, 0) is 12.4 Å². The smallest absolute Gasteiger partial charge is 0.0681 e. The number of aliphatic hydroxyl groups is 1. The van der Waals surface area contributed by atoms with Crippen LogP contribution >= 0.6 is 11.8 Å². The molecule has 19 heavy (non-hydrogen) atoms. The number of thioether (sulfide) groups is 1. The Morgan fingerprint density at radius 1 is 1.11 bits per heavy atom. The van der Waals surface area contributed by atoms with Crippen molar-refractivity contribution in [2.24, 2.45) is 5.73 Å². The van der Waals surface area contributed by atoms with Crippen molar-refractivity contribution in [2.45, 2.75) is 30.2 Å². The van der Waals surface area contributed by atoms with Gasteiger partial charge in [-0.3, -0.25) is 0 Å². The van der Waals surface area contributed by atoms with Gasteiger partial charge in [-0.25, -0.2) is 0 Å². The summed E-state index contributed by atoms with van der Waals surface area (Å²) in [6.07, 6.45) is 0. The second kappa shape index (κ2) is 6.75. The van der Waals surface area contributed by atoms with E-state index in [0.29, 0.717) is 0 Å². The van der Waals surface area contributed by atoms with Gasteiger partial charge in [0.25, 0.3) is 0 Å². The van der Waals surface area contributed by atoms with Crippen molar-refractivity contribution >= 4 is 11.8 Å². The third kappa shape index (κ3) is 4.10. The molecule has 3 N–H and O–H groups in total. The Hall–Kier alpha value is -1.29. The van der Waals surface area contributed by atoms with Crippen LogP contribution in [0.2, 0.25) is 0 Å². The summed E-state index contributed by atoms with van der Waals surface area (Å²) in [7, 11) is 0. The first kappa shape index (κ1) is 14.1. The van der Waals surface area contributed by atoms with Crippen LogP contribution in [0.5, 0.6) is 0 Å². The molecule has 0 saturated heterocycles. The maximum Gasteiger partial charge on any atom is 0.0681 e. The summed E-state index contributed by atoms with van der Waals surface area (Å²) < 4.78 is 0. The maximum atomic E-state index is 9.00. The van der Waals surface area contributed by atoms with Crippen molar-refractivity contribution in [1.82, 2.24) is 0 Å². The zero-order chi connectivity index (χ0) is 13.7. The molecule has 0 aliphatic heterocycles. The van der Waals surface area contributed by atoms with Crippen molar-refractivity contribution in [1.29, 1.82) is 0 Å². The number of aliphatic hydroxyl groups excluding tert-OH is 1. The highest BCUT2D eigenvalue weighted by molar-refractivity contribution is 7.98. The first-order valence-electron chi connectivity index (χ1n) is 6.36. The van der Waals surface area contributed by atoms with E-state index in [4.69, 9.17) is 10.8 Å². The van der Waals surface area contributed by atoms with Crippen LogP contribution < -0.4 is 5.73 Å². The molecule has 0 aliphatic carbocycles. The van der Waals surface area contributed by atoms with E-state index in [9.17, 15) is 0 Å². The molecule has 0 heterocycles.